The van der Waals surface area contributed by atoms with Gasteiger partial charge in [-0.2, -0.15) is 0 Å². The Bertz CT molecular complexity index is 1510. The van der Waals surface area contributed by atoms with Gasteiger partial charge < -0.3 is 29.4 Å². The molecule has 2 aromatic rings. The van der Waals surface area contributed by atoms with E-state index in [0.717, 1.165) is 9.13 Å². The Morgan fingerprint density at radius 2 is 0.943 bits per heavy atom. The van der Waals surface area contributed by atoms with Crippen LogP contribution >= 0.6 is 45.2 Å². The van der Waals surface area contributed by atoms with Crippen LogP contribution in [-0.4, -0.2) is 58.7 Å². The first-order chi connectivity index (χ1) is 24.0. The van der Waals surface area contributed by atoms with Crippen LogP contribution in [0, 0.1) is 7.14 Å². The zero-order valence-electron chi connectivity index (χ0n) is 32.9. The number of aliphatic imine (C=N–C) groups is 2. The van der Waals surface area contributed by atoms with Crippen molar-refractivity contribution in [2.24, 2.45) is 15.7 Å². The minimum absolute atomic E-state index is 0.0349. The molecule has 0 aliphatic heterocycles. The number of nitrogens with zero attached hydrogens (tertiary/aromatic N) is 2. The molecule has 2 amide bonds. The predicted molar refractivity (Wildman–Crippen MR) is 223 cm³/mol. The Hall–Kier alpha value is -3.68. The van der Waals surface area contributed by atoms with Crippen molar-refractivity contribution in [3.8, 4) is 0 Å². The molecular weight excluding hydrogens is 912 g/mol. The van der Waals surface area contributed by atoms with E-state index in [9.17, 15) is 19.2 Å². The monoisotopic (exact) mass is 967 g/mol. The number of amides is 2. The summed E-state index contributed by atoms with van der Waals surface area (Å²) in [6.45, 7) is 23.3. The number of rotatable bonds is 4. The average Bonchev–Trinajstić information content (AvgIpc) is 2.91. The third-order valence-electron chi connectivity index (χ3n) is 4.89. The number of nitrogens with one attached hydrogen (secondary N) is 2. The summed E-state index contributed by atoms with van der Waals surface area (Å²) < 4.78 is 26.5. The maximum atomic E-state index is 12.0. The third kappa shape index (κ3) is 30.5. The number of ether oxygens (including phenoxy) is 5. The van der Waals surface area contributed by atoms with Crippen LogP contribution in [0.3, 0.4) is 0 Å². The van der Waals surface area contributed by atoms with Crippen LogP contribution < -0.4 is 16.4 Å². The number of nitrogens with two attached hydrogens (primary N) is 1. The Kier molecular flexibility index (Phi) is 21.0. The predicted octanol–water partition coefficient (Wildman–Crippen LogP) is 9.24. The Morgan fingerprint density at radius 3 is 1.25 bits per heavy atom. The SMILES string of the molecule is CC(C)(C)OC(=O)NC(=NCc1cccc(I)c1)NC(=O)OC(C)(C)C.CC(C)(C)OC(=O)OC(=O)OC(C)(C)C.CC(N)=NCc1cccc(I)c1. The summed E-state index contributed by atoms with van der Waals surface area (Å²) >= 11 is 4.49. The van der Waals surface area contributed by atoms with Gasteiger partial charge in [-0.1, -0.05) is 24.3 Å². The molecular formula is C37H55I2N5O9. The van der Waals surface area contributed by atoms with E-state index < -0.39 is 46.9 Å². The highest BCUT2D eigenvalue weighted by Crippen LogP contribution is 2.13. The van der Waals surface area contributed by atoms with Crippen LogP contribution in [0.4, 0.5) is 19.2 Å². The molecule has 0 fully saturated rings. The standard InChI is InChI=1S/C18H26IN3O4.C10H18O5.C9H11IN2/c1-17(2,3)25-15(23)21-14(22-16(24)26-18(4,5)6)20-11-12-8-7-9-13(19)10-12;1-9(2,3)14-7(11)13-8(12)15-10(4,5)6;1-7(11)12-6-8-3-2-4-9(10)5-8/h7-10H,11H2,1-6H3,(H2,20,21,22,23,24);1-6H3;2-5H,6H2,1H3,(H2,11,12). The third-order valence-corrected chi connectivity index (χ3v) is 6.24. The molecule has 0 unspecified atom stereocenters. The van der Waals surface area contributed by atoms with Gasteiger partial charge in [-0.05, 0) is 171 Å². The molecule has 0 bridgehead atoms. The van der Waals surface area contributed by atoms with Gasteiger partial charge in [-0.25, -0.2) is 24.2 Å². The zero-order chi connectivity index (χ0) is 41.2. The summed E-state index contributed by atoms with van der Waals surface area (Å²) in [6.07, 6.45) is -3.54. The smallest absolute Gasteiger partial charge is 0.444 e. The van der Waals surface area contributed by atoms with Crippen molar-refractivity contribution in [2.45, 2.75) is 126 Å². The van der Waals surface area contributed by atoms with Crippen LogP contribution in [0.1, 0.15) is 101 Å². The molecule has 0 radical (unpaired) electrons. The number of carbonyl (C=O) groups is 4. The van der Waals surface area contributed by atoms with Crippen molar-refractivity contribution >= 4 is 81.5 Å². The second-order valence-electron chi connectivity index (χ2n) is 15.2. The van der Waals surface area contributed by atoms with Gasteiger partial charge in [0, 0.05) is 7.14 Å². The lowest BCUT2D eigenvalue weighted by molar-refractivity contribution is -0.0294. The fourth-order valence-electron chi connectivity index (χ4n) is 3.18. The van der Waals surface area contributed by atoms with E-state index >= 15 is 0 Å². The molecule has 2 aromatic carbocycles. The van der Waals surface area contributed by atoms with E-state index in [1.165, 1.54) is 9.13 Å². The minimum Gasteiger partial charge on any atom is -0.444 e. The first kappa shape index (κ1) is 49.3. The molecule has 0 aliphatic carbocycles. The number of benzene rings is 2. The van der Waals surface area contributed by atoms with Crippen LogP contribution in [0.25, 0.3) is 0 Å². The minimum atomic E-state index is -1.06. The van der Waals surface area contributed by atoms with Gasteiger partial charge in [0.15, 0.2) is 0 Å². The lowest BCUT2D eigenvalue weighted by Crippen LogP contribution is -2.47. The van der Waals surface area contributed by atoms with Crippen molar-refractivity contribution in [3.63, 3.8) is 0 Å². The number of hydrogen-bond acceptors (Lipinski definition) is 11. The summed E-state index contributed by atoms with van der Waals surface area (Å²) in [7, 11) is 0. The molecule has 0 heterocycles. The van der Waals surface area contributed by atoms with E-state index in [1.807, 2.05) is 30.3 Å². The Morgan fingerprint density at radius 1 is 0.604 bits per heavy atom. The lowest BCUT2D eigenvalue weighted by Gasteiger charge is -2.22. The van der Waals surface area contributed by atoms with Crippen molar-refractivity contribution in [1.82, 2.24) is 10.6 Å². The molecule has 2 rings (SSSR count). The molecule has 0 saturated heterocycles. The van der Waals surface area contributed by atoms with Crippen molar-refractivity contribution in [1.29, 1.82) is 0 Å². The first-order valence-corrected chi connectivity index (χ1v) is 18.6. The van der Waals surface area contributed by atoms with Gasteiger partial charge in [0.05, 0.1) is 18.9 Å². The van der Waals surface area contributed by atoms with Gasteiger partial charge >= 0.3 is 24.5 Å². The highest BCUT2D eigenvalue weighted by atomic mass is 127. The summed E-state index contributed by atoms with van der Waals surface area (Å²) in [5.74, 6) is 0.598. The van der Waals surface area contributed by atoms with E-state index in [-0.39, 0.29) is 12.5 Å². The molecule has 0 saturated carbocycles. The van der Waals surface area contributed by atoms with Gasteiger partial charge in [0.1, 0.15) is 22.4 Å². The molecule has 0 spiro atoms. The molecule has 0 atom stereocenters. The zero-order valence-corrected chi connectivity index (χ0v) is 37.2. The fraction of sp³-hybridized carbons (Fsp3) is 0.514. The number of carbonyl (C=O) groups excluding carboxylic acids is 4. The fourth-order valence-corrected chi connectivity index (χ4v) is 4.39. The molecule has 0 aliphatic rings. The maximum absolute atomic E-state index is 12.0. The molecule has 0 aromatic heterocycles. The average molecular weight is 968 g/mol. The van der Waals surface area contributed by atoms with Crippen molar-refractivity contribution in [2.75, 3.05) is 0 Å². The summed E-state index contributed by atoms with van der Waals surface area (Å²) in [6, 6.07) is 16.0. The van der Waals surface area contributed by atoms with Gasteiger partial charge in [-0.15, -0.1) is 0 Å². The number of halogens is 2. The number of hydrogen-bond donors (Lipinski definition) is 3. The normalized spacial score (nSPS) is 11.6. The maximum Gasteiger partial charge on any atom is 0.519 e. The van der Waals surface area contributed by atoms with Gasteiger partial charge in [0.25, 0.3) is 0 Å². The number of guanidine groups is 1. The highest BCUT2D eigenvalue weighted by Gasteiger charge is 2.24. The molecule has 53 heavy (non-hydrogen) atoms. The summed E-state index contributed by atoms with van der Waals surface area (Å²) in [5.41, 5.74) is 4.83. The van der Waals surface area contributed by atoms with Crippen LogP contribution in [0.2, 0.25) is 0 Å². The van der Waals surface area contributed by atoms with Crippen LogP contribution in [-0.2, 0) is 36.8 Å². The number of amidine groups is 1. The van der Waals surface area contributed by atoms with Gasteiger partial charge in [0.2, 0.25) is 5.96 Å². The second-order valence-corrected chi connectivity index (χ2v) is 17.7. The quantitative estimate of drug-likeness (QED) is 0.0665. The molecule has 4 N–H and O–H groups in total. The van der Waals surface area contributed by atoms with Crippen LogP contribution in [0.15, 0.2) is 58.5 Å². The molecule has 296 valence electrons. The van der Waals surface area contributed by atoms with Crippen molar-refractivity contribution < 1.29 is 42.9 Å². The van der Waals surface area contributed by atoms with Crippen molar-refractivity contribution in [3.05, 3.63) is 66.8 Å². The summed E-state index contributed by atoms with van der Waals surface area (Å²) in [4.78, 5) is 54.4. The summed E-state index contributed by atoms with van der Waals surface area (Å²) in [5, 5.41) is 4.90. The molecule has 16 heteroatoms. The van der Waals surface area contributed by atoms with Crippen LogP contribution in [0.5, 0.6) is 0 Å². The Balaban J connectivity index is 0.000000845. The lowest BCUT2D eigenvalue weighted by atomic mass is 10.2. The Labute approximate surface area is 341 Å². The van der Waals surface area contributed by atoms with E-state index in [0.29, 0.717) is 12.4 Å². The topological polar surface area (TPSA) is 189 Å². The second kappa shape index (κ2) is 22.5. The van der Waals surface area contributed by atoms with E-state index in [1.54, 1.807) is 90.0 Å². The number of alkyl carbamates (subject to hydrolysis) is 2. The first-order valence-electron chi connectivity index (χ1n) is 16.5. The van der Waals surface area contributed by atoms with E-state index in [4.69, 9.17) is 24.7 Å². The molecule has 14 nitrogen and oxygen atoms in total. The van der Waals surface area contributed by atoms with E-state index in [2.05, 4.69) is 88.7 Å². The largest absolute Gasteiger partial charge is 0.519 e. The van der Waals surface area contributed by atoms with Gasteiger partial charge in [-0.3, -0.25) is 15.6 Å². The highest BCUT2D eigenvalue weighted by molar-refractivity contribution is 14.1.